The van der Waals surface area contributed by atoms with Gasteiger partial charge in [-0.25, -0.2) is 22.0 Å². The van der Waals surface area contributed by atoms with Crippen LogP contribution in [0.15, 0.2) is 48.6 Å². The van der Waals surface area contributed by atoms with E-state index in [0.717, 1.165) is 11.1 Å². The average Bonchev–Trinajstić information content (AvgIpc) is 2.76. The summed E-state index contributed by atoms with van der Waals surface area (Å²) >= 11 is 0. The molecule has 164 valence electrons. The predicted molar refractivity (Wildman–Crippen MR) is 114 cm³/mol. The largest absolute Gasteiger partial charge is 0.288 e. The lowest BCUT2D eigenvalue weighted by Crippen LogP contribution is -2.62. The fourth-order valence-corrected chi connectivity index (χ4v) is 4.87. The second-order valence-corrected chi connectivity index (χ2v) is 9.05. The number of hydrogen-bond donors (Lipinski definition) is 0. The minimum absolute atomic E-state index is 0.0884. The number of alkyl halides is 3. The van der Waals surface area contributed by atoms with Crippen LogP contribution in [0.5, 0.6) is 0 Å². The summed E-state index contributed by atoms with van der Waals surface area (Å²) in [7, 11) is 0. The van der Waals surface area contributed by atoms with Gasteiger partial charge >= 0.3 is 0 Å². The molecule has 0 radical (unpaired) electrons. The lowest BCUT2D eigenvalue weighted by atomic mass is 9.50. The highest BCUT2D eigenvalue weighted by Gasteiger charge is 2.70. The Balaban J connectivity index is 1.61. The molecule has 0 aliphatic heterocycles. The van der Waals surface area contributed by atoms with Gasteiger partial charge in [0.25, 0.3) is 5.92 Å². The van der Waals surface area contributed by atoms with E-state index >= 15 is 13.2 Å². The lowest BCUT2D eigenvalue weighted by molar-refractivity contribution is -0.239. The summed E-state index contributed by atoms with van der Waals surface area (Å²) in [6, 6.07) is 10.3. The van der Waals surface area contributed by atoms with Crippen LogP contribution in [-0.2, 0) is 0 Å². The molecule has 0 aromatic heterocycles. The summed E-state index contributed by atoms with van der Waals surface area (Å²) in [6.45, 7) is 3.38. The number of fused-ring (bicyclic) bond motifs is 3. The maximum atomic E-state index is 15.3. The first-order valence-corrected chi connectivity index (χ1v) is 10.5. The van der Waals surface area contributed by atoms with Gasteiger partial charge in [-0.1, -0.05) is 66.3 Å². The van der Waals surface area contributed by atoms with Gasteiger partial charge in [0, 0.05) is 11.0 Å². The summed E-state index contributed by atoms with van der Waals surface area (Å²) in [6.07, 6.45) is 4.11. The van der Waals surface area contributed by atoms with E-state index in [1.807, 2.05) is 31.2 Å². The second kappa shape index (κ2) is 7.61. The van der Waals surface area contributed by atoms with E-state index in [1.54, 1.807) is 12.2 Å². The van der Waals surface area contributed by atoms with Gasteiger partial charge in [0.1, 0.15) is 0 Å². The Morgan fingerprint density at radius 3 is 2.10 bits per heavy atom. The molecule has 0 amide bonds. The third-order valence-corrected chi connectivity index (χ3v) is 7.13. The molecule has 0 heterocycles. The fraction of sp³-hybridized carbons (Fsp3) is 0.385. The van der Waals surface area contributed by atoms with Gasteiger partial charge in [-0.2, -0.15) is 0 Å². The molecule has 0 saturated heterocycles. The first-order chi connectivity index (χ1) is 14.6. The molecule has 3 fully saturated rings. The normalized spacial score (nSPS) is 29.8. The first-order valence-electron chi connectivity index (χ1n) is 10.5. The molecule has 0 N–H and O–H groups in total. The van der Waals surface area contributed by atoms with Crippen molar-refractivity contribution in [3.63, 3.8) is 0 Å². The van der Waals surface area contributed by atoms with Crippen molar-refractivity contribution in [1.29, 1.82) is 0 Å². The highest BCUT2D eigenvalue weighted by molar-refractivity contribution is 5.54. The van der Waals surface area contributed by atoms with Crippen LogP contribution < -0.4 is 0 Å². The van der Waals surface area contributed by atoms with Crippen molar-refractivity contribution in [2.75, 3.05) is 0 Å². The molecular formula is C26H25F5. The Labute approximate surface area is 179 Å². The van der Waals surface area contributed by atoms with E-state index in [2.05, 4.69) is 0 Å². The third-order valence-electron chi connectivity index (χ3n) is 7.13. The molecule has 1 unspecified atom stereocenters. The van der Waals surface area contributed by atoms with Crippen LogP contribution in [0, 0.1) is 36.3 Å². The minimum atomic E-state index is -3.60. The summed E-state index contributed by atoms with van der Waals surface area (Å²) in [4.78, 5) is 0. The van der Waals surface area contributed by atoms with E-state index in [1.165, 1.54) is 31.2 Å². The average molecular weight is 432 g/mol. The predicted octanol–water partition coefficient (Wildman–Crippen LogP) is 7.84. The second-order valence-electron chi connectivity index (χ2n) is 9.05. The lowest BCUT2D eigenvalue weighted by Gasteiger charge is -2.57. The Kier molecular flexibility index (Phi) is 5.35. The number of rotatable bonds is 4. The monoisotopic (exact) mass is 432 g/mol. The van der Waals surface area contributed by atoms with Gasteiger partial charge in [-0.15, -0.1) is 0 Å². The minimum Gasteiger partial charge on any atom is -0.240 e. The Morgan fingerprint density at radius 2 is 1.45 bits per heavy atom. The van der Waals surface area contributed by atoms with E-state index < -0.39 is 34.6 Å². The summed E-state index contributed by atoms with van der Waals surface area (Å²) < 4.78 is 73.9. The Bertz CT molecular complexity index is 1020. The number of benzene rings is 2. The SMILES string of the molecule is Cc1ccc(/C=C/C23CCC(/C=C/c4ccc(C)c(F)c4F)(CC2)C(F)(F)C3F)cc1. The van der Waals surface area contributed by atoms with Crippen LogP contribution in [0.3, 0.4) is 0 Å². The zero-order valence-electron chi connectivity index (χ0n) is 17.6. The van der Waals surface area contributed by atoms with Crippen molar-refractivity contribution in [1.82, 2.24) is 0 Å². The number of aryl methyl sites for hydroxylation is 2. The van der Waals surface area contributed by atoms with Crippen LogP contribution >= 0.6 is 0 Å². The first kappa shape index (κ1) is 21.8. The molecule has 0 nitrogen and oxygen atoms in total. The van der Waals surface area contributed by atoms with Gasteiger partial charge < -0.3 is 0 Å². The van der Waals surface area contributed by atoms with Crippen molar-refractivity contribution in [3.05, 3.63) is 82.4 Å². The topological polar surface area (TPSA) is 0 Å². The molecule has 2 bridgehead atoms. The van der Waals surface area contributed by atoms with Crippen molar-refractivity contribution in [2.45, 2.75) is 51.6 Å². The molecule has 3 saturated carbocycles. The highest BCUT2D eigenvalue weighted by Crippen LogP contribution is 2.66. The van der Waals surface area contributed by atoms with Crippen LogP contribution in [0.4, 0.5) is 22.0 Å². The van der Waals surface area contributed by atoms with E-state index in [-0.39, 0.29) is 36.8 Å². The van der Waals surface area contributed by atoms with Crippen LogP contribution in [0.2, 0.25) is 0 Å². The maximum Gasteiger partial charge on any atom is 0.288 e. The standard InChI is InChI=1S/C26H25F5/c1-17-3-6-19(7-4-17)9-11-24-13-15-25(16-14-24,26(30,31)23(24)29)12-10-20-8-5-18(2)21(27)22(20)28/h3-12,23H,13-16H2,1-2H3/b11-9+,12-10+. The van der Waals surface area contributed by atoms with Crippen molar-refractivity contribution in [3.8, 4) is 0 Å². The molecular weight excluding hydrogens is 407 g/mol. The number of halogens is 5. The summed E-state index contributed by atoms with van der Waals surface area (Å²) in [5.74, 6) is -5.67. The van der Waals surface area contributed by atoms with Crippen LogP contribution in [0.1, 0.15) is 47.9 Å². The van der Waals surface area contributed by atoms with E-state index in [9.17, 15) is 8.78 Å². The number of allylic oxidation sites excluding steroid dienone is 2. The van der Waals surface area contributed by atoms with E-state index in [4.69, 9.17) is 0 Å². The molecule has 2 aromatic carbocycles. The van der Waals surface area contributed by atoms with Crippen molar-refractivity contribution < 1.29 is 22.0 Å². The van der Waals surface area contributed by atoms with Gasteiger partial charge in [0.2, 0.25) is 0 Å². The quantitative estimate of drug-likeness (QED) is 0.432. The Morgan fingerprint density at radius 1 is 0.806 bits per heavy atom. The van der Waals surface area contributed by atoms with Crippen LogP contribution in [0.25, 0.3) is 12.2 Å². The summed E-state index contributed by atoms with van der Waals surface area (Å²) in [5, 5.41) is 0. The van der Waals surface area contributed by atoms with Crippen molar-refractivity contribution in [2.24, 2.45) is 10.8 Å². The molecule has 5 rings (SSSR count). The molecule has 2 aromatic rings. The maximum absolute atomic E-state index is 15.3. The third kappa shape index (κ3) is 3.52. The molecule has 0 spiro atoms. The fourth-order valence-electron chi connectivity index (χ4n) is 4.87. The molecule has 3 aliphatic rings. The Hall–Kier alpha value is -2.43. The van der Waals surface area contributed by atoms with Gasteiger partial charge in [0.15, 0.2) is 17.8 Å². The molecule has 5 heteroatoms. The smallest absolute Gasteiger partial charge is 0.240 e. The highest BCUT2D eigenvalue weighted by atomic mass is 19.3. The van der Waals surface area contributed by atoms with Crippen LogP contribution in [-0.4, -0.2) is 12.1 Å². The zero-order valence-corrected chi connectivity index (χ0v) is 17.6. The molecule has 1 atom stereocenters. The number of hydrogen-bond acceptors (Lipinski definition) is 0. The summed E-state index contributed by atoms with van der Waals surface area (Å²) in [5.41, 5.74) is -0.949. The van der Waals surface area contributed by atoms with Crippen molar-refractivity contribution >= 4 is 12.2 Å². The molecule has 3 aliphatic carbocycles. The van der Waals surface area contributed by atoms with Gasteiger partial charge in [-0.05, 0) is 50.7 Å². The van der Waals surface area contributed by atoms with E-state index in [0.29, 0.717) is 0 Å². The zero-order chi connectivity index (χ0) is 22.4. The molecule has 31 heavy (non-hydrogen) atoms. The van der Waals surface area contributed by atoms with Gasteiger partial charge in [-0.3, -0.25) is 0 Å². The van der Waals surface area contributed by atoms with Gasteiger partial charge in [0.05, 0.1) is 5.41 Å².